The SMILES string of the molecule is CCCCCCCCCCCC(NC)c1ccc(F)cc1. The van der Waals surface area contributed by atoms with Crippen LogP contribution >= 0.6 is 0 Å². The van der Waals surface area contributed by atoms with Gasteiger partial charge in [-0.25, -0.2) is 4.39 Å². The molecule has 0 radical (unpaired) electrons. The molecule has 1 rings (SSSR count). The third-order valence-corrected chi connectivity index (χ3v) is 4.22. The van der Waals surface area contributed by atoms with E-state index in [-0.39, 0.29) is 5.82 Å². The summed E-state index contributed by atoms with van der Waals surface area (Å²) in [5, 5.41) is 3.34. The van der Waals surface area contributed by atoms with Crippen LogP contribution in [-0.2, 0) is 0 Å². The summed E-state index contributed by atoms with van der Waals surface area (Å²) in [4.78, 5) is 0. The van der Waals surface area contributed by atoms with Crippen molar-refractivity contribution in [3.05, 3.63) is 35.6 Å². The van der Waals surface area contributed by atoms with Gasteiger partial charge in [0.05, 0.1) is 0 Å². The summed E-state index contributed by atoms with van der Waals surface area (Å²) < 4.78 is 12.9. The molecule has 0 spiro atoms. The Labute approximate surface area is 130 Å². The van der Waals surface area contributed by atoms with Crippen LogP contribution in [0.4, 0.5) is 4.39 Å². The van der Waals surface area contributed by atoms with E-state index in [9.17, 15) is 4.39 Å². The molecule has 1 aromatic rings. The Bertz CT molecular complexity index is 347. The van der Waals surface area contributed by atoms with Gasteiger partial charge in [-0.3, -0.25) is 0 Å². The number of nitrogens with one attached hydrogen (secondary N) is 1. The van der Waals surface area contributed by atoms with Crippen molar-refractivity contribution >= 4 is 0 Å². The molecule has 1 N–H and O–H groups in total. The number of hydrogen-bond acceptors (Lipinski definition) is 1. The smallest absolute Gasteiger partial charge is 0.123 e. The van der Waals surface area contributed by atoms with Gasteiger partial charge >= 0.3 is 0 Å². The summed E-state index contributed by atoms with van der Waals surface area (Å²) >= 11 is 0. The lowest BCUT2D eigenvalue weighted by atomic mass is 9.99. The fourth-order valence-corrected chi connectivity index (χ4v) is 2.83. The molecule has 0 amide bonds. The Morgan fingerprint density at radius 2 is 1.38 bits per heavy atom. The van der Waals surface area contributed by atoms with E-state index < -0.39 is 0 Å². The Kier molecular flexibility index (Phi) is 10.1. The second kappa shape index (κ2) is 11.7. The highest BCUT2D eigenvalue weighted by Gasteiger charge is 2.08. The second-order valence-corrected chi connectivity index (χ2v) is 6.01. The quantitative estimate of drug-likeness (QED) is 0.465. The fraction of sp³-hybridized carbons (Fsp3) is 0.684. The lowest BCUT2D eigenvalue weighted by Gasteiger charge is -2.16. The topological polar surface area (TPSA) is 12.0 Å². The van der Waals surface area contributed by atoms with Crippen molar-refractivity contribution in [2.45, 2.75) is 77.2 Å². The number of rotatable bonds is 12. The predicted octanol–water partition coefficient (Wildman–Crippen LogP) is 6.01. The standard InChI is InChI=1S/C19H32FN/c1-3-4-5-6-7-8-9-10-11-12-19(21-2)17-13-15-18(20)16-14-17/h13-16,19,21H,3-12H2,1-2H3. The van der Waals surface area contributed by atoms with Crippen LogP contribution in [0.2, 0.25) is 0 Å². The van der Waals surface area contributed by atoms with Crippen molar-refractivity contribution in [3.8, 4) is 0 Å². The van der Waals surface area contributed by atoms with Crippen molar-refractivity contribution in [1.29, 1.82) is 0 Å². The highest BCUT2D eigenvalue weighted by molar-refractivity contribution is 5.19. The number of benzene rings is 1. The molecule has 0 saturated heterocycles. The van der Waals surface area contributed by atoms with E-state index in [4.69, 9.17) is 0 Å². The second-order valence-electron chi connectivity index (χ2n) is 6.01. The molecule has 0 saturated carbocycles. The molecular formula is C19H32FN. The van der Waals surface area contributed by atoms with Crippen LogP contribution in [0.15, 0.2) is 24.3 Å². The van der Waals surface area contributed by atoms with Gasteiger partial charge in [-0.1, -0.05) is 76.8 Å². The van der Waals surface area contributed by atoms with Gasteiger partial charge in [-0.05, 0) is 31.2 Å². The van der Waals surface area contributed by atoms with Crippen molar-refractivity contribution in [2.75, 3.05) is 7.05 Å². The van der Waals surface area contributed by atoms with Crippen LogP contribution in [0.3, 0.4) is 0 Å². The molecule has 1 atom stereocenters. The maximum Gasteiger partial charge on any atom is 0.123 e. The van der Waals surface area contributed by atoms with Crippen LogP contribution < -0.4 is 5.32 Å². The molecule has 1 aromatic carbocycles. The Balaban J connectivity index is 2.08. The lowest BCUT2D eigenvalue weighted by Crippen LogP contribution is -2.16. The molecule has 0 aromatic heterocycles. The minimum absolute atomic E-state index is 0.156. The summed E-state index contributed by atoms with van der Waals surface area (Å²) in [5.41, 5.74) is 1.19. The third kappa shape index (κ3) is 8.21. The number of unbranched alkanes of at least 4 members (excludes halogenated alkanes) is 8. The third-order valence-electron chi connectivity index (χ3n) is 4.22. The van der Waals surface area contributed by atoms with E-state index in [1.165, 1.54) is 63.4 Å². The first-order valence-corrected chi connectivity index (χ1v) is 8.70. The van der Waals surface area contributed by atoms with Gasteiger partial charge in [-0.15, -0.1) is 0 Å². The molecule has 0 fully saturated rings. The molecular weight excluding hydrogens is 261 g/mol. The van der Waals surface area contributed by atoms with E-state index in [1.807, 2.05) is 19.2 Å². The molecule has 0 aliphatic carbocycles. The molecule has 0 aliphatic heterocycles. The van der Waals surface area contributed by atoms with Crippen LogP contribution in [-0.4, -0.2) is 7.05 Å². The monoisotopic (exact) mass is 293 g/mol. The van der Waals surface area contributed by atoms with Crippen LogP contribution in [0.5, 0.6) is 0 Å². The predicted molar refractivity (Wildman–Crippen MR) is 90.0 cm³/mol. The van der Waals surface area contributed by atoms with E-state index in [0.717, 1.165) is 6.42 Å². The minimum atomic E-state index is -0.156. The Hall–Kier alpha value is -0.890. The molecule has 1 nitrogen and oxygen atoms in total. The summed E-state index contributed by atoms with van der Waals surface area (Å²) in [5.74, 6) is -0.156. The highest BCUT2D eigenvalue weighted by Crippen LogP contribution is 2.20. The molecule has 1 unspecified atom stereocenters. The van der Waals surface area contributed by atoms with Gasteiger partial charge in [0.1, 0.15) is 5.82 Å². The van der Waals surface area contributed by atoms with Crippen LogP contribution in [0.25, 0.3) is 0 Å². The zero-order chi connectivity index (χ0) is 15.3. The molecule has 21 heavy (non-hydrogen) atoms. The molecule has 2 heteroatoms. The number of halogens is 1. The Morgan fingerprint density at radius 1 is 0.857 bits per heavy atom. The number of hydrogen-bond donors (Lipinski definition) is 1. The van der Waals surface area contributed by atoms with Crippen LogP contribution in [0, 0.1) is 5.82 Å². The van der Waals surface area contributed by atoms with E-state index >= 15 is 0 Å². The van der Waals surface area contributed by atoms with Gasteiger partial charge < -0.3 is 5.32 Å². The van der Waals surface area contributed by atoms with Gasteiger partial charge in [0.25, 0.3) is 0 Å². The fourth-order valence-electron chi connectivity index (χ4n) is 2.83. The van der Waals surface area contributed by atoms with Crippen molar-refractivity contribution in [2.24, 2.45) is 0 Å². The van der Waals surface area contributed by atoms with Crippen molar-refractivity contribution in [3.63, 3.8) is 0 Å². The van der Waals surface area contributed by atoms with Gasteiger partial charge in [0.15, 0.2) is 0 Å². The normalized spacial score (nSPS) is 12.5. The largest absolute Gasteiger partial charge is 0.313 e. The van der Waals surface area contributed by atoms with Crippen molar-refractivity contribution in [1.82, 2.24) is 5.32 Å². The first-order chi connectivity index (χ1) is 10.3. The molecule has 0 heterocycles. The van der Waals surface area contributed by atoms with Gasteiger partial charge in [-0.2, -0.15) is 0 Å². The Morgan fingerprint density at radius 3 is 1.90 bits per heavy atom. The molecule has 120 valence electrons. The summed E-state index contributed by atoms with van der Waals surface area (Å²) in [6.07, 6.45) is 13.4. The van der Waals surface area contributed by atoms with E-state index in [0.29, 0.717) is 6.04 Å². The first kappa shape index (κ1) is 18.2. The highest BCUT2D eigenvalue weighted by atomic mass is 19.1. The van der Waals surface area contributed by atoms with E-state index in [2.05, 4.69) is 12.2 Å². The van der Waals surface area contributed by atoms with Gasteiger partial charge in [0, 0.05) is 6.04 Å². The zero-order valence-corrected chi connectivity index (χ0v) is 13.8. The maximum absolute atomic E-state index is 12.9. The van der Waals surface area contributed by atoms with Crippen LogP contribution in [0.1, 0.15) is 82.7 Å². The molecule has 0 aliphatic rings. The molecule has 0 bridgehead atoms. The lowest BCUT2D eigenvalue weighted by molar-refractivity contribution is 0.492. The summed E-state index contributed by atoms with van der Waals surface area (Å²) in [7, 11) is 1.99. The van der Waals surface area contributed by atoms with Gasteiger partial charge in [0.2, 0.25) is 0 Å². The summed E-state index contributed by atoms with van der Waals surface area (Å²) in [6.45, 7) is 2.26. The van der Waals surface area contributed by atoms with Crippen molar-refractivity contribution < 1.29 is 4.39 Å². The first-order valence-electron chi connectivity index (χ1n) is 8.70. The van der Waals surface area contributed by atoms with E-state index in [1.54, 1.807) is 12.1 Å². The zero-order valence-electron chi connectivity index (χ0n) is 13.8. The minimum Gasteiger partial charge on any atom is -0.313 e. The average molecular weight is 293 g/mol. The average Bonchev–Trinajstić information content (AvgIpc) is 2.51. The maximum atomic E-state index is 12.9. The summed E-state index contributed by atoms with van der Waals surface area (Å²) in [6, 6.07) is 7.25.